The molecule has 4 heteroatoms. The highest BCUT2D eigenvalue weighted by atomic mass is 35.5. The van der Waals surface area contributed by atoms with Gasteiger partial charge in [0, 0.05) is 31.4 Å². The second kappa shape index (κ2) is 6.55. The number of hydrogen-bond donors (Lipinski definition) is 1. The molecule has 0 saturated heterocycles. The van der Waals surface area contributed by atoms with Crippen LogP contribution in [0.5, 0.6) is 0 Å². The summed E-state index contributed by atoms with van der Waals surface area (Å²) in [7, 11) is 3.97. The van der Waals surface area contributed by atoms with E-state index in [1.54, 1.807) is 0 Å². The number of nitrogens with one attached hydrogen (secondary N) is 1. The number of rotatable bonds is 5. The lowest BCUT2D eigenvalue weighted by atomic mass is 10.2. The molecule has 1 aromatic heterocycles. The van der Waals surface area contributed by atoms with Crippen LogP contribution in [0.3, 0.4) is 0 Å². The summed E-state index contributed by atoms with van der Waals surface area (Å²) < 4.78 is 0. The molecule has 0 aliphatic rings. The van der Waals surface area contributed by atoms with Crippen LogP contribution in [0.15, 0.2) is 42.6 Å². The average molecular weight is 276 g/mol. The van der Waals surface area contributed by atoms with E-state index in [4.69, 9.17) is 11.6 Å². The molecular weight excluding hydrogens is 258 g/mol. The Balaban J connectivity index is 2.02. The van der Waals surface area contributed by atoms with E-state index in [1.165, 1.54) is 11.1 Å². The van der Waals surface area contributed by atoms with Gasteiger partial charge in [-0.15, -0.1) is 0 Å². The first-order valence-corrected chi connectivity index (χ1v) is 6.62. The Morgan fingerprint density at radius 3 is 2.37 bits per heavy atom. The Bertz CT molecular complexity index is 508. The molecule has 0 radical (unpaired) electrons. The summed E-state index contributed by atoms with van der Waals surface area (Å²) in [5.74, 6) is 0.967. The van der Waals surface area contributed by atoms with Crippen molar-refractivity contribution in [2.75, 3.05) is 19.0 Å². The first-order valence-electron chi connectivity index (χ1n) is 6.24. The summed E-state index contributed by atoms with van der Waals surface area (Å²) in [5, 5.41) is 3.88. The zero-order valence-corrected chi connectivity index (χ0v) is 12.0. The fraction of sp³-hybridized carbons (Fsp3) is 0.267. The Labute approximate surface area is 119 Å². The Morgan fingerprint density at radius 2 is 1.79 bits per heavy atom. The van der Waals surface area contributed by atoms with Crippen molar-refractivity contribution in [3.8, 4) is 0 Å². The molecule has 0 atom stereocenters. The molecule has 0 spiro atoms. The molecule has 19 heavy (non-hydrogen) atoms. The zero-order valence-electron chi connectivity index (χ0n) is 11.2. The van der Waals surface area contributed by atoms with Gasteiger partial charge in [0.15, 0.2) is 0 Å². The highest BCUT2D eigenvalue weighted by molar-refractivity contribution is 6.30. The number of aromatic nitrogens is 1. The van der Waals surface area contributed by atoms with Crippen LogP contribution in [0.2, 0.25) is 5.02 Å². The zero-order chi connectivity index (χ0) is 13.7. The molecule has 0 unspecified atom stereocenters. The van der Waals surface area contributed by atoms with Crippen LogP contribution < -0.4 is 10.2 Å². The van der Waals surface area contributed by atoms with Crippen LogP contribution in [0, 0.1) is 0 Å². The predicted molar refractivity (Wildman–Crippen MR) is 80.6 cm³/mol. The van der Waals surface area contributed by atoms with E-state index < -0.39 is 0 Å². The Hall–Kier alpha value is -1.58. The molecule has 100 valence electrons. The lowest BCUT2D eigenvalue weighted by Crippen LogP contribution is -2.17. The molecule has 1 N–H and O–H groups in total. The molecule has 0 aliphatic carbocycles. The topological polar surface area (TPSA) is 28.2 Å². The minimum absolute atomic E-state index is 0.765. The second-order valence-electron chi connectivity index (χ2n) is 4.54. The third kappa shape index (κ3) is 3.94. The van der Waals surface area contributed by atoms with Crippen molar-refractivity contribution < 1.29 is 0 Å². The van der Waals surface area contributed by atoms with Gasteiger partial charge in [-0.05, 0) is 36.4 Å². The van der Waals surface area contributed by atoms with Gasteiger partial charge >= 0.3 is 0 Å². The molecule has 2 aromatic rings. The lowest BCUT2D eigenvalue weighted by molar-refractivity contribution is 0.810. The molecule has 0 aliphatic heterocycles. The van der Waals surface area contributed by atoms with Crippen molar-refractivity contribution in [2.45, 2.75) is 13.1 Å². The molecule has 1 heterocycles. The van der Waals surface area contributed by atoms with Gasteiger partial charge in [-0.25, -0.2) is 4.98 Å². The summed E-state index contributed by atoms with van der Waals surface area (Å²) in [6, 6.07) is 12.0. The molecule has 2 rings (SSSR count). The summed E-state index contributed by atoms with van der Waals surface area (Å²) in [6.07, 6.45) is 1.91. The van der Waals surface area contributed by atoms with Crippen molar-refractivity contribution in [3.05, 3.63) is 58.7 Å². The van der Waals surface area contributed by atoms with Gasteiger partial charge in [0.2, 0.25) is 0 Å². The first-order chi connectivity index (χ1) is 9.19. The molecule has 0 amide bonds. The van der Waals surface area contributed by atoms with Gasteiger partial charge in [-0.2, -0.15) is 0 Å². The monoisotopic (exact) mass is 275 g/mol. The van der Waals surface area contributed by atoms with E-state index in [-0.39, 0.29) is 0 Å². The third-order valence-electron chi connectivity index (χ3n) is 2.91. The van der Waals surface area contributed by atoms with Crippen LogP contribution in [-0.4, -0.2) is 19.1 Å². The molecule has 0 saturated carbocycles. The van der Waals surface area contributed by atoms with E-state index >= 15 is 0 Å². The number of benzene rings is 1. The van der Waals surface area contributed by atoms with Crippen molar-refractivity contribution >= 4 is 17.4 Å². The van der Waals surface area contributed by atoms with E-state index in [9.17, 15) is 0 Å². The Kier molecular flexibility index (Phi) is 4.77. The standard InChI is InChI=1S/C15H18ClN3/c1-17-9-13-5-8-15(18-10-13)19(2)11-12-3-6-14(16)7-4-12/h3-8,10,17H,9,11H2,1-2H3. The van der Waals surface area contributed by atoms with Crippen molar-refractivity contribution in [1.29, 1.82) is 0 Å². The maximum Gasteiger partial charge on any atom is 0.128 e. The highest BCUT2D eigenvalue weighted by Crippen LogP contribution is 2.15. The van der Waals surface area contributed by atoms with Crippen LogP contribution in [0.4, 0.5) is 5.82 Å². The third-order valence-corrected chi connectivity index (χ3v) is 3.17. The van der Waals surface area contributed by atoms with Gasteiger partial charge in [0.1, 0.15) is 5.82 Å². The SMILES string of the molecule is CNCc1ccc(N(C)Cc2ccc(Cl)cc2)nc1. The second-order valence-corrected chi connectivity index (χ2v) is 4.97. The summed E-state index contributed by atoms with van der Waals surface area (Å²) in [4.78, 5) is 6.59. The normalized spacial score (nSPS) is 10.5. The van der Waals surface area contributed by atoms with Crippen LogP contribution in [0.25, 0.3) is 0 Å². The number of nitrogens with zero attached hydrogens (tertiary/aromatic N) is 2. The fourth-order valence-electron chi connectivity index (χ4n) is 1.90. The Morgan fingerprint density at radius 1 is 1.11 bits per heavy atom. The van der Waals surface area contributed by atoms with E-state index in [2.05, 4.69) is 21.3 Å². The van der Waals surface area contributed by atoms with Crippen LogP contribution in [0.1, 0.15) is 11.1 Å². The number of pyridine rings is 1. The smallest absolute Gasteiger partial charge is 0.128 e. The van der Waals surface area contributed by atoms with Crippen molar-refractivity contribution in [1.82, 2.24) is 10.3 Å². The maximum atomic E-state index is 5.88. The first kappa shape index (κ1) is 13.8. The van der Waals surface area contributed by atoms with Gasteiger partial charge in [-0.1, -0.05) is 29.8 Å². The van der Waals surface area contributed by atoms with E-state index in [0.29, 0.717) is 0 Å². The molecule has 3 nitrogen and oxygen atoms in total. The number of anilines is 1. The molecule has 0 fully saturated rings. The average Bonchev–Trinajstić information content (AvgIpc) is 2.42. The van der Waals surface area contributed by atoms with Gasteiger partial charge in [0.25, 0.3) is 0 Å². The summed E-state index contributed by atoms with van der Waals surface area (Å²) >= 11 is 5.88. The van der Waals surface area contributed by atoms with Crippen molar-refractivity contribution in [2.24, 2.45) is 0 Å². The van der Waals surface area contributed by atoms with E-state index in [0.717, 1.165) is 23.9 Å². The van der Waals surface area contributed by atoms with E-state index in [1.807, 2.05) is 50.6 Å². The number of halogens is 1. The predicted octanol–water partition coefficient (Wildman–Crippen LogP) is 3.09. The molecular formula is C15H18ClN3. The van der Waals surface area contributed by atoms with Crippen LogP contribution in [-0.2, 0) is 13.1 Å². The maximum absolute atomic E-state index is 5.88. The lowest BCUT2D eigenvalue weighted by Gasteiger charge is -2.18. The van der Waals surface area contributed by atoms with Gasteiger partial charge in [-0.3, -0.25) is 0 Å². The fourth-order valence-corrected chi connectivity index (χ4v) is 2.02. The van der Waals surface area contributed by atoms with Crippen molar-refractivity contribution in [3.63, 3.8) is 0 Å². The summed E-state index contributed by atoms with van der Waals surface area (Å²) in [6.45, 7) is 1.66. The van der Waals surface area contributed by atoms with Gasteiger partial charge < -0.3 is 10.2 Å². The summed E-state index contributed by atoms with van der Waals surface area (Å²) in [5.41, 5.74) is 2.40. The minimum Gasteiger partial charge on any atom is -0.355 e. The quantitative estimate of drug-likeness (QED) is 0.909. The molecule has 0 bridgehead atoms. The number of hydrogen-bond acceptors (Lipinski definition) is 3. The minimum atomic E-state index is 0.765. The highest BCUT2D eigenvalue weighted by Gasteiger charge is 2.03. The largest absolute Gasteiger partial charge is 0.355 e. The van der Waals surface area contributed by atoms with Crippen LogP contribution >= 0.6 is 11.6 Å². The molecule has 1 aromatic carbocycles. The van der Waals surface area contributed by atoms with Gasteiger partial charge in [0.05, 0.1) is 0 Å².